The molecule has 7 atom stereocenters. The first-order chi connectivity index (χ1) is 17.9. The van der Waals surface area contributed by atoms with E-state index in [1.54, 1.807) is 30.3 Å². The number of benzene rings is 1. The Balaban J connectivity index is 2.21. The monoisotopic (exact) mass is 539 g/mol. The lowest BCUT2D eigenvalue weighted by Gasteiger charge is -2.44. The number of esters is 4. The summed E-state index contributed by atoms with van der Waals surface area (Å²) in [6.07, 6.45) is -7.19. The third-order valence-electron chi connectivity index (χ3n) is 5.40. The van der Waals surface area contributed by atoms with Crippen molar-refractivity contribution in [1.82, 2.24) is 5.48 Å². The molecule has 1 N–H and O–H groups in total. The smallest absolute Gasteiger partial charge is 0.329 e. The van der Waals surface area contributed by atoms with Crippen molar-refractivity contribution < 1.29 is 57.2 Å². The maximum Gasteiger partial charge on any atom is 0.329 e. The van der Waals surface area contributed by atoms with Crippen LogP contribution in [0.1, 0.15) is 40.2 Å². The second-order valence-corrected chi connectivity index (χ2v) is 8.53. The largest absolute Gasteiger partial charge is 0.468 e. The molecule has 0 bridgehead atoms. The molecule has 210 valence electrons. The number of hydroxylamine groups is 1. The van der Waals surface area contributed by atoms with Crippen LogP contribution in [-0.4, -0.2) is 79.8 Å². The van der Waals surface area contributed by atoms with Gasteiger partial charge in [0, 0.05) is 20.8 Å². The summed E-state index contributed by atoms with van der Waals surface area (Å²) in [7, 11) is 1.14. The Kier molecular flexibility index (Phi) is 11.6. The van der Waals surface area contributed by atoms with Gasteiger partial charge in [-0.05, 0) is 19.4 Å². The van der Waals surface area contributed by atoms with E-state index in [0.717, 1.165) is 27.9 Å². The maximum absolute atomic E-state index is 12.5. The second kappa shape index (κ2) is 14.4. The average molecular weight is 540 g/mol. The Morgan fingerprint density at radius 3 is 2.00 bits per heavy atom. The van der Waals surface area contributed by atoms with Crippen molar-refractivity contribution >= 4 is 29.8 Å². The summed E-state index contributed by atoms with van der Waals surface area (Å²) in [6, 6.07) is 7.49. The van der Waals surface area contributed by atoms with Crippen LogP contribution < -0.4 is 5.48 Å². The van der Waals surface area contributed by atoms with Gasteiger partial charge in [-0.2, -0.15) is 0 Å². The molecule has 1 aromatic rings. The molecule has 0 aliphatic carbocycles. The standard InChI is InChI=1S/C25H33NO12/c1-13(20(24(31)32-6)26-38-19(30)12-18-10-8-7-9-11-18)33-25-23(37-17(5)29)22(36-16(4)28)21(14(2)34-25)35-15(3)27/h7-11,13-14,20-23,25-26H,12H2,1-6H3/t13-,14-,20+,21+,22?,23+,25?/m1/s1. The van der Waals surface area contributed by atoms with E-state index in [1.807, 2.05) is 0 Å². The van der Waals surface area contributed by atoms with E-state index in [0.29, 0.717) is 5.56 Å². The van der Waals surface area contributed by atoms with Gasteiger partial charge in [-0.1, -0.05) is 30.3 Å². The first-order valence-corrected chi connectivity index (χ1v) is 11.8. The van der Waals surface area contributed by atoms with Crippen molar-refractivity contribution in [2.24, 2.45) is 0 Å². The molecule has 0 saturated carbocycles. The van der Waals surface area contributed by atoms with Gasteiger partial charge in [0.2, 0.25) is 0 Å². The molecule has 1 saturated heterocycles. The number of hydrogen-bond acceptors (Lipinski definition) is 13. The Morgan fingerprint density at radius 2 is 1.45 bits per heavy atom. The summed E-state index contributed by atoms with van der Waals surface area (Å²) in [6.45, 7) is 6.41. The number of carbonyl (C=O) groups is 5. The van der Waals surface area contributed by atoms with E-state index >= 15 is 0 Å². The summed E-state index contributed by atoms with van der Waals surface area (Å²) >= 11 is 0. The summed E-state index contributed by atoms with van der Waals surface area (Å²) < 4.78 is 32.4. The van der Waals surface area contributed by atoms with Crippen LogP contribution in [0.25, 0.3) is 0 Å². The van der Waals surface area contributed by atoms with Crippen LogP contribution in [0.5, 0.6) is 0 Å². The molecule has 1 aromatic carbocycles. The van der Waals surface area contributed by atoms with E-state index < -0.39 is 72.7 Å². The molecule has 1 aliphatic heterocycles. The molecule has 13 heteroatoms. The highest BCUT2D eigenvalue weighted by molar-refractivity contribution is 5.77. The number of methoxy groups -OCH3 is 1. The second-order valence-electron chi connectivity index (χ2n) is 8.53. The predicted octanol–water partition coefficient (Wildman–Crippen LogP) is 0.764. The summed E-state index contributed by atoms with van der Waals surface area (Å²) in [4.78, 5) is 65.2. The van der Waals surface area contributed by atoms with Crippen molar-refractivity contribution in [1.29, 1.82) is 0 Å². The molecule has 38 heavy (non-hydrogen) atoms. The number of rotatable bonds is 11. The van der Waals surface area contributed by atoms with Crippen molar-refractivity contribution in [3.63, 3.8) is 0 Å². The number of carbonyl (C=O) groups excluding carboxylic acids is 5. The van der Waals surface area contributed by atoms with Crippen LogP contribution in [-0.2, 0) is 63.7 Å². The fraction of sp³-hybridized carbons (Fsp3) is 0.560. The molecular weight excluding hydrogens is 506 g/mol. The van der Waals surface area contributed by atoms with Crippen molar-refractivity contribution in [2.75, 3.05) is 7.11 Å². The highest BCUT2D eigenvalue weighted by atomic mass is 16.7. The maximum atomic E-state index is 12.5. The Bertz CT molecular complexity index is 984. The van der Waals surface area contributed by atoms with Crippen LogP contribution in [0.2, 0.25) is 0 Å². The normalized spacial score (nSPS) is 24.3. The molecule has 2 rings (SSSR count). The van der Waals surface area contributed by atoms with Gasteiger partial charge in [0.15, 0.2) is 30.6 Å². The lowest BCUT2D eigenvalue weighted by Crippen LogP contribution is -2.62. The molecule has 2 unspecified atom stereocenters. The fourth-order valence-electron chi connectivity index (χ4n) is 3.76. The van der Waals surface area contributed by atoms with Gasteiger partial charge in [0.1, 0.15) is 0 Å². The lowest BCUT2D eigenvalue weighted by molar-refractivity contribution is -0.311. The van der Waals surface area contributed by atoms with Crippen molar-refractivity contribution in [2.45, 2.75) is 83.9 Å². The summed E-state index contributed by atoms with van der Waals surface area (Å²) in [5.41, 5.74) is 3.06. The first kappa shape index (κ1) is 30.7. The minimum Gasteiger partial charge on any atom is -0.468 e. The highest BCUT2D eigenvalue weighted by Crippen LogP contribution is 2.30. The van der Waals surface area contributed by atoms with Crippen LogP contribution in [0, 0.1) is 0 Å². The molecule has 0 spiro atoms. The predicted molar refractivity (Wildman–Crippen MR) is 127 cm³/mol. The first-order valence-electron chi connectivity index (χ1n) is 11.8. The van der Waals surface area contributed by atoms with Gasteiger partial charge in [-0.3, -0.25) is 24.0 Å². The summed E-state index contributed by atoms with van der Waals surface area (Å²) in [5.74, 6) is -3.66. The van der Waals surface area contributed by atoms with Gasteiger partial charge in [-0.25, -0.2) is 0 Å². The number of hydrogen-bond donors (Lipinski definition) is 1. The molecule has 0 amide bonds. The molecule has 1 fully saturated rings. The number of nitrogens with one attached hydrogen (secondary N) is 1. The van der Waals surface area contributed by atoms with E-state index in [9.17, 15) is 24.0 Å². The zero-order valence-electron chi connectivity index (χ0n) is 22.0. The zero-order chi connectivity index (χ0) is 28.4. The molecule has 13 nitrogen and oxygen atoms in total. The fourth-order valence-corrected chi connectivity index (χ4v) is 3.76. The van der Waals surface area contributed by atoms with Gasteiger partial charge in [0.25, 0.3) is 0 Å². The molecule has 1 aliphatic rings. The number of ether oxygens (including phenoxy) is 6. The van der Waals surface area contributed by atoms with Crippen LogP contribution in [0.3, 0.4) is 0 Å². The van der Waals surface area contributed by atoms with E-state index in [4.69, 9.17) is 33.3 Å². The minimum absolute atomic E-state index is 0.0592. The van der Waals surface area contributed by atoms with Crippen LogP contribution >= 0.6 is 0 Å². The zero-order valence-corrected chi connectivity index (χ0v) is 22.0. The van der Waals surface area contributed by atoms with Gasteiger partial charge < -0.3 is 33.3 Å². The minimum atomic E-state index is -1.38. The van der Waals surface area contributed by atoms with Crippen LogP contribution in [0.4, 0.5) is 0 Å². The Hall–Kier alpha value is -3.55. The van der Waals surface area contributed by atoms with Crippen LogP contribution in [0.15, 0.2) is 30.3 Å². The SMILES string of the molecule is COC(=O)[C@@H](NOC(=O)Cc1ccccc1)[C@@H](C)OC1O[C@H](C)[C@H](OC(C)=O)C(OC(C)=O)[C@@H]1OC(C)=O. The third kappa shape index (κ3) is 9.08. The molecule has 0 aromatic heterocycles. The van der Waals surface area contributed by atoms with E-state index in [-0.39, 0.29) is 6.42 Å². The van der Waals surface area contributed by atoms with E-state index in [1.165, 1.54) is 13.8 Å². The quantitative estimate of drug-likeness (QED) is 0.238. The highest BCUT2D eigenvalue weighted by Gasteiger charge is 2.52. The Labute approximate surface area is 219 Å². The average Bonchev–Trinajstić information content (AvgIpc) is 2.83. The lowest BCUT2D eigenvalue weighted by atomic mass is 9.98. The Morgan fingerprint density at radius 1 is 0.895 bits per heavy atom. The third-order valence-corrected chi connectivity index (χ3v) is 5.40. The van der Waals surface area contributed by atoms with Crippen molar-refractivity contribution in [3.8, 4) is 0 Å². The topological polar surface area (TPSA) is 162 Å². The van der Waals surface area contributed by atoms with Crippen molar-refractivity contribution in [3.05, 3.63) is 35.9 Å². The molecule has 1 heterocycles. The van der Waals surface area contributed by atoms with E-state index in [2.05, 4.69) is 5.48 Å². The van der Waals surface area contributed by atoms with Gasteiger partial charge in [0.05, 0.1) is 25.7 Å². The molecule has 0 radical (unpaired) electrons. The summed E-state index contributed by atoms with van der Waals surface area (Å²) in [5, 5.41) is 0. The van der Waals surface area contributed by atoms with Gasteiger partial charge in [-0.15, -0.1) is 5.48 Å². The molecular formula is C25H33NO12. The van der Waals surface area contributed by atoms with Gasteiger partial charge >= 0.3 is 29.8 Å².